The van der Waals surface area contributed by atoms with Gasteiger partial charge in [-0.25, -0.2) is 5.48 Å². The van der Waals surface area contributed by atoms with Crippen molar-refractivity contribution in [1.82, 2.24) is 20.1 Å². The molecule has 3 N–H and O–H groups in total. The fourth-order valence-electron chi connectivity index (χ4n) is 2.38. The molecule has 0 spiro atoms. The largest absolute Gasteiger partial charge is 0.340 e. The Bertz CT molecular complexity index is 906. The Hall–Kier alpha value is -2.45. The summed E-state index contributed by atoms with van der Waals surface area (Å²) in [6, 6.07) is 9.03. The van der Waals surface area contributed by atoms with E-state index in [-0.39, 0.29) is 5.56 Å². The first-order valence-electron chi connectivity index (χ1n) is 6.83. The van der Waals surface area contributed by atoms with Crippen molar-refractivity contribution in [3.05, 3.63) is 51.8 Å². The van der Waals surface area contributed by atoms with E-state index < -0.39 is 5.91 Å². The number of carbonyl (C=O) groups is 1. The van der Waals surface area contributed by atoms with E-state index >= 15 is 0 Å². The van der Waals surface area contributed by atoms with E-state index in [1.807, 2.05) is 25.1 Å². The number of pyridine rings is 1. The van der Waals surface area contributed by atoms with Crippen LogP contribution in [0.1, 0.15) is 21.7 Å². The Morgan fingerprint density at radius 2 is 2.00 bits per heavy atom. The Morgan fingerprint density at radius 1 is 1.22 bits per heavy atom. The molecule has 2 aromatic heterocycles. The maximum Gasteiger partial charge on any atom is 0.278 e. The van der Waals surface area contributed by atoms with Crippen LogP contribution < -0.4 is 10.8 Å². The lowest BCUT2D eigenvalue weighted by molar-refractivity contribution is 0.0707. The average Bonchev–Trinajstić information content (AvgIpc) is 2.91. The molecule has 118 valence electrons. The molecule has 0 radical (unpaired) electrons. The van der Waals surface area contributed by atoms with Crippen LogP contribution in [-0.4, -0.2) is 25.7 Å². The number of benzene rings is 1. The quantitative estimate of drug-likeness (QED) is 0.483. The second-order valence-electron chi connectivity index (χ2n) is 5.06. The Labute approximate surface area is 140 Å². The molecule has 0 bridgehead atoms. The first kappa shape index (κ1) is 15.4. The van der Waals surface area contributed by atoms with Crippen molar-refractivity contribution in [2.24, 2.45) is 0 Å². The lowest BCUT2D eigenvalue weighted by Gasteiger charge is -2.15. The number of carbonyl (C=O) groups excluding carboxylic acids is 1. The van der Waals surface area contributed by atoms with Crippen LogP contribution in [0, 0.1) is 13.8 Å². The van der Waals surface area contributed by atoms with Gasteiger partial charge in [0.15, 0.2) is 5.65 Å². The number of halogens is 1. The van der Waals surface area contributed by atoms with E-state index in [0.717, 1.165) is 15.7 Å². The van der Waals surface area contributed by atoms with E-state index in [0.29, 0.717) is 17.3 Å². The first-order valence-corrected chi connectivity index (χ1v) is 7.63. The minimum absolute atomic E-state index is 0.283. The number of nitrogens with zero attached hydrogens (tertiary/aromatic N) is 3. The van der Waals surface area contributed by atoms with Gasteiger partial charge in [0.25, 0.3) is 5.91 Å². The van der Waals surface area contributed by atoms with E-state index in [1.54, 1.807) is 28.9 Å². The molecule has 7 nitrogen and oxygen atoms in total. The number of hydrogen-bond donors (Lipinski definition) is 3. The molecule has 3 rings (SSSR count). The summed E-state index contributed by atoms with van der Waals surface area (Å²) in [7, 11) is 0. The smallest absolute Gasteiger partial charge is 0.278 e. The summed E-state index contributed by atoms with van der Waals surface area (Å²) in [5, 5.41) is 20.3. The van der Waals surface area contributed by atoms with Crippen LogP contribution in [0.5, 0.6) is 0 Å². The summed E-state index contributed by atoms with van der Waals surface area (Å²) in [6.07, 6.45) is 0. The van der Waals surface area contributed by atoms with Gasteiger partial charge < -0.3 is 5.32 Å². The molecule has 0 saturated heterocycles. The molecule has 0 unspecified atom stereocenters. The number of aromatic nitrogens is 3. The predicted octanol–water partition coefficient (Wildman–Crippen LogP) is 2.97. The predicted molar refractivity (Wildman–Crippen MR) is 89.1 cm³/mol. The Kier molecular flexibility index (Phi) is 4.01. The second kappa shape index (κ2) is 5.98. The van der Waals surface area contributed by atoms with E-state index in [2.05, 4.69) is 31.4 Å². The molecule has 0 fully saturated rings. The van der Waals surface area contributed by atoms with Crippen molar-refractivity contribution in [3.8, 4) is 0 Å². The molecule has 23 heavy (non-hydrogen) atoms. The molecule has 0 atom stereocenters. The topological polar surface area (TPSA) is 91.5 Å². The first-order chi connectivity index (χ1) is 11.0. The minimum atomic E-state index is -0.614. The van der Waals surface area contributed by atoms with Crippen molar-refractivity contribution < 1.29 is 10.0 Å². The van der Waals surface area contributed by atoms with Gasteiger partial charge >= 0.3 is 0 Å². The van der Waals surface area contributed by atoms with Crippen molar-refractivity contribution >= 4 is 39.0 Å². The molecule has 1 amide bonds. The number of anilines is 2. The lowest BCUT2D eigenvalue weighted by Crippen LogP contribution is -2.21. The third-order valence-corrected chi connectivity index (χ3v) is 4.01. The number of nitrogens with one attached hydrogen (secondary N) is 2. The van der Waals surface area contributed by atoms with E-state index in [4.69, 9.17) is 5.21 Å². The number of fused-ring (bicyclic) bond motifs is 1. The molecule has 8 heteroatoms. The molecule has 0 aliphatic heterocycles. The van der Waals surface area contributed by atoms with Crippen LogP contribution in [0.4, 0.5) is 11.5 Å². The number of amides is 1. The highest BCUT2D eigenvalue weighted by molar-refractivity contribution is 9.10. The molecule has 0 aliphatic rings. The summed E-state index contributed by atoms with van der Waals surface area (Å²) < 4.78 is 2.69. The third-order valence-electron chi connectivity index (χ3n) is 3.52. The van der Waals surface area contributed by atoms with Gasteiger partial charge in [0, 0.05) is 10.2 Å². The summed E-state index contributed by atoms with van der Waals surface area (Å²) >= 11 is 3.43. The molecule has 3 aromatic rings. The monoisotopic (exact) mass is 375 g/mol. The van der Waals surface area contributed by atoms with Gasteiger partial charge in [0.2, 0.25) is 0 Å². The third kappa shape index (κ3) is 2.78. The zero-order valence-corrected chi connectivity index (χ0v) is 14.0. The van der Waals surface area contributed by atoms with Gasteiger partial charge in [-0.3, -0.25) is 14.4 Å². The van der Waals surface area contributed by atoms with Crippen LogP contribution in [0.25, 0.3) is 5.65 Å². The summed E-state index contributed by atoms with van der Waals surface area (Å²) in [5.41, 5.74) is 4.39. The molecule has 0 aliphatic carbocycles. The molecule has 2 heterocycles. The maximum absolute atomic E-state index is 12.0. The number of aryl methyl sites for hydroxylation is 2. The Morgan fingerprint density at radius 3 is 2.70 bits per heavy atom. The minimum Gasteiger partial charge on any atom is -0.340 e. The molecular formula is C15H14BrN5O2. The zero-order chi connectivity index (χ0) is 16.6. The average molecular weight is 376 g/mol. The van der Waals surface area contributed by atoms with Crippen LogP contribution >= 0.6 is 15.9 Å². The van der Waals surface area contributed by atoms with Crippen molar-refractivity contribution in [1.29, 1.82) is 0 Å². The second-order valence-corrected chi connectivity index (χ2v) is 5.98. The van der Waals surface area contributed by atoms with Gasteiger partial charge in [-0.05, 0) is 49.7 Å². The fourth-order valence-corrected chi connectivity index (χ4v) is 2.86. The SMILES string of the molecule is Cc1cc(Br)ccc1Nc1c(C(=O)NO)ccc2nnc(C)n12. The highest BCUT2D eigenvalue weighted by Crippen LogP contribution is 2.27. The summed E-state index contributed by atoms with van der Waals surface area (Å²) in [6.45, 7) is 3.75. The van der Waals surface area contributed by atoms with Gasteiger partial charge in [-0.1, -0.05) is 15.9 Å². The van der Waals surface area contributed by atoms with Crippen molar-refractivity contribution in [3.63, 3.8) is 0 Å². The molecular weight excluding hydrogens is 362 g/mol. The zero-order valence-electron chi connectivity index (χ0n) is 12.5. The number of hydroxylamine groups is 1. The maximum atomic E-state index is 12.0. The summed E-state index contributed by atoms with van der Waals surface area (Å²) in [4.78, 5) is 12.0. The highest BCUT2D eigenvalue weighted by atomic mass is 79.9. The molecule has 1 aromatic carbocycles. The summed E-state index contributed by atoms with van der Waals surface area (Å²) in [5.74, 6) is 0.504. The number of rotatable bonds is 3. The van der Waals surface area contributed by atoms with Gasteiger partial charge in [0.05, 0.1) is 5.56 Å². The van der Waals surface area contributed by atoms with Crippen molar-refractivity contribution in [2.45, 2.75) is 13.8 Å². The van der Waals surface area contributed by atoms with E-state index in [1.165, 1.54) is 0 Å². The van der Waals surface area contributed by atoms with E-state index in [9.17, 15) is 4.79 Å². The van der Waals surface area contributed by atoms with Crippen LogP contribution in [0.15, 0.2) is 34.8 Å². The lowest BCUT2D eigenvalue weighted by atomic mass is 10.2. The number of hydrogen-bond acceptors (Lipinski definition) is 5. The van der Waals surface area contributed by atoms with Crippen LogP contribution in [0.2, 0.25) is 0 Å². The Balaban J connectivity index is 2.20. The molecule has 0 saturated carbocycles. The standard InChI is InChI=1S/C15H14BrN5O2/c1-8-7-10(16)3-5-12(8)17-14-11(15(22)20-23)4-6-13-19-18-9(2)21(13)14/h3-7,17,23H,1-2H3,(H,20,22). The van der Waals surface area contributed by atoms with Crippen LogP contribution in [0.3, 0.4) is 0 Å². The van der Waals surface area contributed by atoms with Gasteiger partial charge in [-0.15, -0.1) is 10.2 Å². The normalized spacial score (nSPS) is 10.8. The fraction of sp³-hybridized carbons (Fsp3) is 0.133. The van der Waals surface area contributed by atoms with Gasteiger partial charge in [0.1, 0.15) is 11.6 Å². The van der Waals surface area contributed by atoms with Crippen LogP contribution in [-0.2, 0) is 0 Å². The van der Waals surface area contributed by atoms with Gasteiger partial charge in [-0.2, -0.15) is 0 Å². The van der Waals surface area contributed by atoms with Crippen molar-refractivity contribution in [2.75, 3.05) is 5.32 Å². The highest BCUT2D eigenvalue weighted by Gasteiger charge is 2.17.